The van der Waals surface area contributed by atoms with Crippen LogP contribution >= 0.6 is 0 Å². The highest BCUT2D eigenvalue weighted by Gasteiger charge is 2.28. The topological polar surface area (TPSA) is 46.5 Å². The van der Waals surface area contributed by atoms with Crippen molar-refractivity contribution in [3.8, 4) is 0 Å². The van der Waals surface area contributed by atoms with Gasteiger partial charge in [-0.15, -0.1) is 0 Å². The van der Waals surface area contributed by atoms with Gasteiger partial charge >= 0.3 is 5.97 Å². The molecule has 1 saturated carbocycles. The first-order chi connectivity index (χ1) is 9.16. The fourth-order valence-electron chi connectivity index (χ4n) is 2.19. The molecule has 1 aliphatic carbocycles. The minimum Gasteiger partial charge on any atom is -0.481 e. The summed E-state index contributed by atoms with van der Waals surface area (Å²) in [5, 5.41) is 9.05. The molecular formula is C15H28O3. The van der Waals surface area contributed by atoms with Crippen LogP contribution in [0.25, 0.3) is 0 Å². The van der Waals surface area contributed by atoms with Crippen LogP contribution in [0, 0.1) is 17.3 Å². The maximum absolute atomic E-state index is 11.0. The van der Waals surface area contributed by atoms with E-state index in [4.69, 9.17) is 12.6 Å². The predicted molar refractivity (Wildman–Crippen MR) is 72.6 cm³/mol. The van der Waals surface area contributed by atoms with Gasteiger partial charge in [-0.3, -0.25) is 4.79 Å². The van der Waals surface area contributed by atoms with Crippen LogP contribution in [-0.2, 0) is 9.53 Å². The van der Waals surface area contributed by atoms with Crippen molar-refractivity contribution < 1.29 is 17.4 Å². The van der Waals surface area contributed by atoms with Gasteiger partial charge in [0.25, 0.3) is 0 Å². The molecule has 0 bridgehead atoms. The molecule has 1 aliphatic rings. The van der Waals surface area contributed by atoms with E-state index in [0.29, 0.717) is 19.4 Å². The monoisotopic (exact) mass is 258 g/mol. The highest BCUT2D eigenvalue weighted by molar-refractivity contribution is 5.73. The molecule has 5 atom stereocenters. The maximum Gasteiger partial charge on any atom is 0.309 e. The molecule has 1 fully saturated rings. The number of carbonyl (C=O) groups is 1. The highest BCUT2D eigenvalue weighted by Crippen LogP contribution is 2.31. The van der Waals surface area contributed by atoms with Crippen LogP contribution in [0.5, 0.6) is 0 Å². The molecule has 106 valence electrons. The molecule has 1 rings (SSSR count). The third-order valence-electron chi connectivity index (χ3n) is 3.77. The van der Waals surface area contributed by atoms with Crippen LogP contribution in [-0.4, -0.2) is 23.8 Å². The van der Waals surface area contributed by atoms with E-state index < -0.39 is 11.4 Å². The summed E-state index contributed by atoms with van der Waals surface area (Å²) in [4.78, 5) is 11.0. The second kappa shape index (κ2) is 6.55. The van der Waals surface area contributed by atoms with Crippen molar-refractivity contribution in [2.45, 2.75) is 65.9 Å². The summed E-state index contributed by atoms with van der Waals surface area (Å²) in [6.45, 7) is 7.93. The minimum atomic E-state index is -0.785. The molecule has 3 nitrogen and oxygen atoms in total. The van der Waals surface area contributed by atoms with Crippen LogP contribution in [0.2, 0.25) is 0 Å². The molecule has 0 aromatic rings. The van der Waals surface area contributed by atoms with E-state index in [0.717, 1.165) is 6.42 Å². The summed E-state index contributed by atoms with van der Waals surface area (Å²) in [6, 6.07) is 0. The van der Waals surface area contributed by atoms with Gasteiger partial charge in [0.05, 0.1) is 11.5 Å². The zero-order valence-electron chi connectivity index (χ0n) is 14.0. The second-order valence-electron chi connectivity index (χ2n) is 6.13. The standard InChI is InChI=1S/C15H28O3/c1-11-6-7-12(2)13(10-11)18-9-5-8-15(3,4)14(16)17/h11-13H,5-10H2,1-4H3,(H,16,17)/i6D,10D. The maximum atomic E-state index is 11.0. The molecule has 18 heavy (non-hydrogen) atoms. The molecule has 1 N–H and O–H groups in total. The van der Waals surface area contributed by atoms with Gasteiger partial charge in [-0.25, -0.2) is 0 Å². The van der Waals surface area contributed by atoms with Gasteiger partial charge < -0.3 is 9.84 Å². The number of aliphatic carboxylic acids is 1. The lowest BCUT2D eigenvalue weighted by Crippen LogP contribution is -2.30. The number of carboxylic acid groups (broad SMARTS) is 1. The number of carboxylic acids is 1. The third kappa shape index (κ3) is 4.60. The Hall–Kier alpha value is -0.570. The molecule has 0 heterocycles. The third-order valence-corrected chi connectivity index (χ3v) is 3.77. The molecule has 0 saturated heterocycles. The lowest BCUT2D eigenvalue weighted by atomic mass is 9.81. The van der Waals surface area contributed by atoms with Crippen molar-refractivity contribution in [2.75, 3.05) is 6.61 Å². The van der Waals surface area contributed by atoms with Gasteiger partial charge in [-0.1, -0.05) is 20.2 Å². The van der Waals surface area contributed by atoms with Gasteiger partial charge in [-0.2, -0.15) is 0 Å². The van der Waals surface area contributed by atoms with E-state index in [1.54, 1.807) is 13.8 Å². The van der Waals surface area contributed by atoms with Crippen molar-refractivity contribution in [1.82, 2.24) is 0 Å². The Labute approximate surface area is 114 Å². The summed E-state index contributed by atoms with van der Waals surface area (Å²) in [5.74, 6) is -0.525. The van der Waals surface area contributed by atoms with Crippen molar-refractivity contribution in [3.63, 3.8) is 0 Å². The average Bonchev–Trinajstić information content (AvgIpc) is 2.35. The zero-order valence-corrected chi connectivity index (χ0v) is 12.0. The lowest BCUT2D eigenvalue weighted by molar-refractivity contribution is -0.147. The quantitative estimate of drug-likeness (QED) is 0.739. The minimum absolute atomic E-state index is 0.0339. The highest BCUT2D eigenvalue weighted by atomic mass is 16.5. The van der Waals surface area contributed by atoms with Gasteiger partial charge in [0.1, 0.15) is 0 Å². The van der Waals surface area contributed by atoms with E-state index >= 15 is 0 Å². The molecule has 0 aromatic carbocycles. The smallest absolute Gasteiger partial charge is 0.309 e. The number of hydrogen-bond donors (Lipinski definition) is 1. The van der Waals surface area contributed by atoms with Crippen molar-refractivity contribution in [1.29, 1.82) is 0 Å². The number of ether oxygens (including phenoxy) is 1. The second-order valence-corrected chi connectivity index (χ2v) is 6.13. The largest absolute Gasteiger partial charge is 0.481 e. The van der Waals surface area contributed by atoms with Gasteiger partial charge in [0.15, 0.2) is 0 Å². The van der Waals surface area contributed by atoms with Gasteiger partial charge in [0, 0.05) is 9.35 Å². The summed E-state index contributed by atoms with van der Waals surface area (Å²) in [5.41, 5.74) is -0.721. The fourth-order valence-corrected chi connectivity index (χ4v) is 2.19. The lowest BCUT2D eigenvalue weighted by Gasteiger charge is -2.32. The number of rotatable bonds is 6. The van der Waals surface area contributed by atoms with E-state index in [1.165, 1.54) is 0 Å². The normalized spacial score (nSPS) is 39.0. The summed E-state index contributed by atoms with van der Waals surface area (Å²) < 4.78 is 22.0. The van der Waals surface area contributed by atoms with E-state index in [9.17, 15) is 4.79 Å². The first kappa shape index (κ1) is 12.5. The molecule has 3 heteroatoms. The van der Waals surface area contributed by atoms with E-state index in [-0.39, 0.29) is 30.7 Å². The van der Waals surface area contributed by atoms with E-state index in [2.05, 4.69) is 0 Å². The van der Waals surface area contributed by atoms with Gasteiger partial charge in [0.2, 0.25) is 0 Å². The zero-order chi connectivity index (χ0) is 15.5. The predicted octanol–water partition coefficient (Wildman–Crippen LogP) is 3.72. The Morgan fingerprint density at radius 2 is 2.17 bits per heavy atom. The first-order valence-electron chi connectivity index (χ1n) is 8.01. The molecule has 5 unspecified atom stereocenters. The summed E-state index contributed by atoms with van der Waals surface area (Å²) >= 11 is 0. The summed E-state index contributed by atoms with van der Waals surface area (Å²) in [7, 11) is 0. The van der Waals surface area contributed by atoms with Crippen LogP contribution in [0.4, 0.5) is 0 Å². The van der Waals surface area contributed by atoms with Gasteiger partial charge in [-0.05, 0) is 51.3 Å². The van der Waals surface area contributed by atoms with Crippen molar-refractivity contribution >= 4 is 5.97 Å². The molecular weight excluding hydrogens is 228 g/mol. The molecule has 0 spiro atoms. The van der Waals surface area contributed by atoms with Crippen LogP contribution in [0.3, 0.4) is 0 Å². The molecule has 0 aromatic heterocycles. The Bertz CT molecular complexity index is 333. The Kier molecular flexibility index (Phi) is 4.54. The Balaban J connectivity index is 2.40. The molecule has 0 amide bonds. The molecule has 0 radical (unpaired) electrons. The Morgan fingerprint density at radius 1 is 1.50 bits per heavy atom. The fraction of sp³-hybridized carbons (Fsp3) is 0.933. The summed E-state index contributed by atoms with van der Waals surface area (Å²) in [6.07, 6.45) is 1.39. The van der Waals surface area contributed by atoms with Crippen molar-refractivity contribution in [3.05, 3.63) is 0 Å². The van der Waals surface area contributed by atoms with Crippen molar-refractivity contribution in [2.24, 2.45) is 17.3 Å². The first-order valence-corrected chi connectivity index (χ1v) is 6.86. The molecule has 0 aliphatic heterocycles. The SMILES string of the molecule is [2H]C1CC(C)C(OCCCC(C)(C)C(=O)O)C([2H])C1C. The average molecular weight is 258 g/mol. The Morgan fingerprint density at radius 3 is 2.78 bits per heavy atom. The van der Waals surface area contributed by atoms with E-state index in [1.807, 2.05) is 13.8 Å². The number of hydrogen-bond acceptors (Lipinski definition) is 2. The van der Waals surface area contributed by atoms with Crippen LogP contribution in [0.15, 0.2) is 0 Å². The van der Waals surface area contributed by atoms with Crippen LogP contribution < -0.4 is 0 Å². The van der Waals surface area contributed by atoms with Crippen LogP contribution in [0.1, 0.15) is 62.5 Å².